The van der Waals surface area contributed by atoms with Crippen molar-refractivity contribution in [2.75, 3.05) is 47.9 Å². The molecule has 0 spiro atoms. The first-order valence-corrected chi connectivity index (χ1v) is 19.9. The van der Waals surface area contributed by atoms with Crippen LogP contribution in [0.15, 0.2) is 48.7 Å². The van der Waals surface area contributed by atoms with E-state index >= 15 is 0 Å². The zero-order valence-corrected chi connectivity index (χ0v) is 34.8. The summed E-state index contributed by atoms with van der Waals surface area (Å²) in [6.07, 6.45) is 6.60. The number of carbonyl (C=O) groups is 2. The Labute approximate surface area is 324 Å². The van der Waals surface area contributed by atoms with Crippen LogP contribution >= 0.6 is 0 Å². The van der Waals surface area contributed by atoms with Gasteiger partial charge in [0.05, 0.1) is 26.4 Å². The minimum absolute atomic E-state index is 0.00122. The molecule has 11 nitrogen and oxygen atoms in total. The molecule has 1 heterocycles. The third kappa shape index (κ3) is 9.95. The number of nitrogens with one attached hydrogen (secondary N) is 2. The number of allylic oxidation sites excluding steroid dienone is 3. The summed E-state index contributed by atoms with van der Waals surface area (Å²) in [4.78, 5) is 38.0. The second-order valence-electron chi connectivity index (χ2n) is 17.3. The molecular weight excluding hydrogens is 683 g/mol. The van der Waals surface area contributed by atoms with E-state index in [1.165, 1.54) is 6.42 Å². The Bertz CT molecular complexity index is 1510. The number of aliphatic hydroxyl groups excluding tert-OH is 2. The van der Waals surface area contributed by atoms with Gasteiger partial charge in [-0.2, -0.15) is 5.06 Å². The number of aliphatic hydroxyl groups is 2. The van der Waals surface area contributed by atoms with Gasteiger partial charge >= 0.3 is 0 Å². The predicted molar refractivity (Wildman–Crippen MR) is 215 cm³/mol. The number of nitrogens with zero attached hydrogens (tertiary/aromatic N) is 3. The van der Waals surface area contributed by atoms with Crippen LogP contribution in [0.4, 0.5) is 0 Å². The Hall–Kier alpha value is -3.22. The quantitative estimate of drug-likeness (QED) is 0.123. The molecule has 3 saturated carbocycles. The number of likely N-dealkylation sites (N-methyl/N-ethyl adjacent to an activating group) is 2. The highest BCUT2D eigenvalue weighted by molar-refractivity contribution is 5.92. The summed E-state index contributed by atoms with van der Waals surface area (Å²) >= 11 is 0. The number of hydroxylamine groups is 2. The monoisotopic (exact) mass is 752 g/mol. The molecule has 0 aromatic heterocycles. The van der Waals surface area contributed by atoms with Crippen molar-refractivity contribution in [1.29, 1.82) is 0 Å². The maximum Gasteiger partial charge on any atom is 0.244 e. The molecule has 302 valence electrons. The number of carbonyl (C=O) groups excluding carboxylic acids is 2. The first kappa shape index (κ1) is 43.5. The number of fused-ring (bicyclic) bond motifs is 2. The molecule has 0 unspecified atom stereocenters. The van der Waals surface area contributed by atoms with Gasteiger partial charge in [0, 0.05) is 61.0 Å². The number of methoxy groups -OCH3 is 1. The topological polar surface area (TPSA) is 127 Å². The predicted octanol–water partition coefficient (Wildman–Crippen LogP) is 4.85. The molecule has 2 bridgehead atoms. The highest BCUT2D eigenvalue weighted by atomic mass is 16.7. The number of hydrogen-bond donors (Lipinski definition) is 4. The third-order valence-electron chi connectivity index (χ3n) is 12.4. The Kier molecular flexibility index (Phi) is 15.0. The molecule has 4 fully saturated rings. The molecule has 0 radical (unpaired) electrons. The van der Waals surface area contributed by atoms with Crippen molar-refractivity contribution in [3.63, 3.8) is 0 Å². The van der Waals surface area contributed by atoms with Crippen molar-refractivity contribution in [1.82, 2.24) is 25.5 Å². The smallest absolute Gasteiger partial charge is 0.244 e. The number of hydrogen-bond acceptors (Lipinski definition) is 9. The average molecular weight is 752 g/mol. The fourth-order valence-electron chi connectivity index (χ4n) is 9.14. The molecule has 1 aromatic carbocycles. The second kappa shape index (κ2) is 18.6. The minimum atomic E-state index is -0.905. The third-order valence-corrected chi connectivity index (χ3v) is 12.4. The zero-order valence-electron chi connectivity index (χ0n) is 34.8. The molecular formula is C43H69N5O6. The normalized spacial score (nSPS) is 27.8. The molecule has 4 aliphatic rings. The number of para-hydroxylation sites is 1. The average Bonchev–Trinajstić information content (AvgIpc) is 3.48. The van der Waals surface area contributed by atoms with Gasteiger partial charge in [0.2, 0.25) is 11.8 Å². The zero-order chi connectivity index (χ0) is 40.1. The first-order chi connectivity index (χ1) is 25.4. The van der Waals surface area contributed by atoms with Crippen molar-refractivity contribution >= 4 is 17.4 Å². The largest absolute Gasteiger partial charge is 0.496 e. The molecule has 1 saturated heterocycles. The summed E-state index contributed by atoms with van der Waals surface area (Å²) < 4.78 is 6.08. The van der Waals surface area contributed by atoms with E-state index in [9.17, 15) is 19.8 Å². The standard InChI is InChI=1S/C43H69N5O6/c1-13-47(11)27(4)20-30(17-18-38(51)44-33(19-26(2)3)24-46(9)10)34-16-14-15-31(41(34)53-12)23-48-40(39(29(6)50)37(25-49)54-48)42(52)45-36-22-32-21-35(28(36)5)43(32,7)8/h14-18,20,26,28-29,32-33,35-37,39-40,49-50H,4,13,19,21-25H2,1-3,5-12H3,(H,44,51)(H,45,52)/b18-17+,30-20+/t28-,29-,32+,33-,35-,36-,37-,39+,40-/m0/s1. The van der Waals surface area contributed by atoms with Crippen LogP contribution in [0.2, 0.25) is 0 Å². The fourth-order valence-corrected chi connectivity index (χ4v) is 9.14. The van der Waals surface area contributed by atoms with E-state index in [1.807, 2.05) is 57.2 Å². The van der Waals surface area contributed by atoms with Crippen molar-refractivity contribution in [3.05, 3.63) is 59.8 Å². The highest BCUT2D eigenvalue weighted by Crippen LogP contribution is 2.61. The van der Waals surface area contributed by atoms with Gasteiger partial charge in [-0.3, -0.25) is 14.4 Å². The van der Waals surface area contributed by atoms with Crippen molar-refractivity contribution in [2.24, 2.45) is 35.0 Å². The Morgan fingerprint density at radius 2 is 1.87 bits per heavy atom. The lowest BCUT2D eigenvalue weighted by molar-refractivity contribution is -0.183. The molecule has 1 aliphatic heterocycles. The van der Waals surface area contributed by atoms with Crippen molar-refractivity contribution < 1.29 is 29.4 Å². The van der Waals surface area contributed by atoms with E-state index in [0.717, 1.165) is 48.3 Å². The summed E-state index contributed by atoms with van der Waals surface area (Å²) in [7, 11) is 7.56. The van der Waals surface area contributed by atoms with Crippen molar-refractivity contribution in [2.45, 2.75) is 105 Å². The van der Waals surface area contributed by atoms with E-state index < -0.39 is 24.2 Å². The Balaban J connectivity index is 1.66. The first-order valence-electron chi connectivity index (χ1n) is 19.9. The van der Waals surface area contributed by atoms with E-state index in [4.69, 9.17) is 9.57 Å². The number of amides is 2. The summed E-state index contributed by atoms with van der Waals surface area (Å²) in [6, 6.07) is 4.96. The van der Waals surface area contributed by atoms with Crippen LogP contribution in [-0.4, -0.2) is 115 Å². The molecule has 9 atom stereocenters. The van der Waals surface area contributed by atoms with Gasteiger partial charge in [-0.15, -0.1) is 0 Å². The summed E-state index contributed by atoms with van der Waals surface area (Å²) in [6.45, 7) is 20.5. The van der Waals surface area contributed by atoms with E-state index in [2.05, 4.69) is 56.7 Å². The van der Waals surface area contributed by atoms with Crippen LogP contribution in [0.3, 0.4) is 0 Å². The van der Waals surface area contributed by atoms with Crippen molar-refractivity contribution in [3.8, 4) is 5.75 Å². The fraction of sp³-hybridized carbons (Fsp3) is 0.674. The van der Waals surface area contributed by atoms with E-state index in [1.54, 1.807) is 31.2 Å². The summed E-state index contributed by atoms with van der Waals surface area (Å²) in [5.41, 5.74) is 3.24. The lowest BCUT2D eigenvalue weighted by Gasteiger charge is -2.62. The molecule has 4 N–H and O–H groups in total. The van der Waals surface area contributed by atoms with Crippen LogP contribution in [-0.2, 0) is 21.0 Å². The van der Waals surface area contributed by atoms with Crippen LogP contribution < -0.4 is 15.4 Å². The Morgan fingerprint density at radius 3 is 2.43 bits per heavy atom. The van der Waals surface area contributed by atoms with Gasteiger partial charge in [-0.05, 0) is 94.0 Å². The second-order valence-corrected chi connectivity index (χ2v) is 17.3. The molecule has 3 aliphatic carbocycles. The Morgan fingerprint density at radius 1 is 1.17 bits per heavy atom. The summed E-state index contributed by atoms with van der Waals surface area (Å²) in [5, 5.41) is 29.5. The lowest BCUT2D eigenvalue weighted by Crippen LogP contribution is -2.62. The molecule has 1 aromatic rings. The number of benzene rings is 1. The van der Waals surface area contributed by atoms with Gasteiger partial charge in [-0.1, -0.05) is 59.4 Å². The molecule has 11 heteroatoms. The van der Waals surface area contributed by atoms with Gasteiger partial charge in [-0.25, -0.2) is 0 Å². The van der Waals surface area contributed by atoms with Gasteiger partial charge in [0.15, 0.2) is 0 Å². The van der Waals surface area contributed by atoms with Gasteiger partial charge in [0.1, 0.15) is 17.9 Å². The van der Waals surface area contributed by atoms with Crippen LogP contribution in [0, 0.1) is 35.0 Å². The maximum absolute atomic E-state index is 14.3. The minimum Gasteiger partial charge on any atom is -0.496 e. The summed E-state index contributed by atoms with van der Waals surface area (Å²) in [5.74, 6) is 1.39. The van der Waals surface area contributed by atoms with E-state index in [-0.39, 0.29) is 42.5 Å². The SMILES string of the molecule is C=C(/C=C(\C=C\C(=O)N[C@@H](CC(C)C)CN(C)C)c1cccc(CN2O[C@@H](CO)[C@@H]([C@H](C)O)[C@H]2C(=O)N[C@H]2C[C@H]3C[C@@H]([C@@H]2C)C3(C)C)c1OC)N(C)CC. The number of ether oxygens (including phenoxy) is 1. The van der Waals surface area contributed by atoms with Crippen LogP contribution in [0.1, 0.15) is 78.9 Å². The highest BCUT2D eigenvalue weighted by Gasteiger charge is 2.57. The molecule has 5 rings (SSSR count). The molecule has 54 heavy (non-hydrogen) atoms. The van der Waals surface area contributed by atoms with Crippen LogP contribution in [0.25, 0.3) is 5.57 Å². The maximum atomic E-state index is 14.3. The number of rotatable bonds is 18. The van der Waals surface area contributed by atoms with E-state index in [0.29, 0.717) is 29.4 Å². The van der Waals surface area contributed by atoms with Crippen LogP contribution in [0.5, 0.6) is 5.75 Å². The lowest BCUT2D eigenvalue weighted by atomic mass is 9.45. The molecule has 2 amide bonds. The van der Waals surface area contributed by atoms with Gasteiger partial charge < -0.3 is 35.4 Å². The van der Waals surface area contributed by atoms with Gasteiger partial charge in [0.25, 0.3) is 0 Å².